The molecular weight excluding hydrogens is 308 g/mol. The number of anilines is 1. The summed E-state index contributed by atoms with van der Waals surface area (Å²) in [6, 6.07) is 10.4. The van der Waals surface area contributed by atoms with Gasteiger partial charge in [-0.3, -0.25) is 9.59 Å². The number of benzene rings is 1. The van der Waals surface area contributed by atoms with Crippen LogP contribution in [-0.2, 0) is 17.8 Å². The quantitative estimate of drug-likeness (QED) is 0.851. The number of carboxylic acids is 1. The van der Waals surface area contributed by atoms with Gasteiger partial charge in [-0.25, -0.2) is 0 Å². The Morgan fingerprint density at radius 1 is 1.33 bits per heavy atom. The molecule has 1 atom stereocenters. The zero-order chi connectivity index (χ0) is 17.1. The van der Waals surface area contributed by atoms with Crippen LogP contribution in [0.3, 0.4) is 0 Å². The highest BCUT2D eigenvalue weighted by Gasteiger charge is 2.27. The van der Waals surface area contributed by atoms with E-state index in [0.29, 0.717) is 12.6 Å². The monoisotopic (exact) mass is 328 g/mol. The van der Waals surface area contributed by atoms with Crippen molar-refractivity contribution in [3.8, 4) is 0 Å². The summed E-state index contributed by atoms with van der Waals surface area (Å²) in [5, 5.41) is 11.2. The molecule has 24 heavy (non-hydrogen) atoms. The van der Waals surface area contributed by atoms with Crippen molar-refractivity contribution in [2.75, 3.05) is 11.4 Å². The summed E-state index contributed by atoms with van der Waals surface area (Å²) < 4.78 is 5.33. The molecule has 1 aliphatic rings. The molecule has 0 saturated heterocycles. The van der Waals surface area contributed by atoms with Crippen molar-refractivity contribution in [2.24, 2.45) is 0 Å². The van der Waals surface area contributed by atoms with Gasteiger partial charge in [-0.05, 0) is 31.0 Å². The third-order valence-corrected chi connectivity index (χ3v) is 4.27. The molecule has 0 spiro atoms. The van der Waals surface area contributed by atoms with Crippen molar-refractivity contribution in [3.05, 3.63) is 53.5 Å². The Balaban J connectivity index is 1.72. The van der Waals surface area contributed by atoms with Gasteiger partial charge in [0, 0.05) is 30.4 Å². The van der Waals surface area contributed by atoms with E-state index in [0.717, 1.165) is 12.0 Å². The van der Waals surface area contributed by atoms with E-state index in [4.69, 9.17) is 9.52 Å². The zero-order valence-corrected chi connectivity index (χ0v) is 13.5. The molecule has 2 N–H and O–H groups in total. The summed E-state index contributed by atoms with van der Waals surface area (Å²) in [5.74, 6) is -1.08. The van der Waals surface area contributed by atoms with Crippen LogP contribution in [0.15, 0.2) is 41.0 Å². The number of para-hydroxylation sites is 1. The predicted octanol–water partition coefficient (Wildman–Crippen LogP) is 2.44. The van der Waals surface area contributed by atoms with Gasteiger partial charge < -0.3 is 19.7 Å². The van der Waals surface area contributed by atoms with Gasteiger partial charge in [0.25, 0.3) is 5.91 Å². The minimum absolute atomic E-state index is 0.0806. The molecule has 1 aromatic heterocycles. The van der Waals surface area contributed by atoms with E-state index in [9.17, 15) is 9.59 Å². The van der Waals surface area contributed by atoms with Crippen LogP contribution in [0.2, 0.25) is 0 Å². The molecule has 2 aromatic rings. The number of furan rings is 1. The molecular formula is C18H20N2O4. The number of amides is 1. The fourth-order valence-corrected chi connectivity index (χ4v) is 3.08. The summed E-state index contributed by atoms with van der Waals surface area (Å²) in [4.78, 5) is 25.0. The molecule has 0 saturated carbocycles. The molecule has 2 heterocycles. The lowest BCUT2D eigenvalue weighted by molar-refractivity contribution is -0.136. The van der Waals surface area contributed by atoms with Crippen LogP contribution in [-0.4, -0.2) is 29.6 Å². The number of nitrogens with zero attached hydrogens (tertiary/aromatic N) is 1. The predicted molar refractivity (Wildman–Crippen MR) is 89.1 cm³/mol. The second kappa shape index (κ2) is 6.78. The minimum atomic E-state index is -0.947. The van der Waals surface area contributed by atoms with E-state index in [1.165, 1.54) is 17.5 Å². The number of nitrogens with one attached hydrogen (secondary N) is 1. The van der Waals surface area contributed by atoms with Gasteiger partial charge in [0.2, 0.25) is 0 Å². The van der Waals surface area contributed by atoms with E-state index in [2.05, 4.69) is 29.3 Å². The Morgan fingerprint density at radius 3 is 2.92 bits per heavy atom. The topological polar surface area (TPSA) is 82.8 Å². The Bertz CT molecular complexity index is 753. The number of carbonyl (C=O) groups is 2. The van der Waals surface area contributed by atoms with Crippen molar-refractivity contribution in [1.29, 1.82) is 0 Å². The van der Waals surface area contributed by atoms with Crippen molar-refractivity contribution in [1.82, 2.24) is 5.32 Å². The highest BCUT2D eigenvalue weighted by molar-refractivity contribution is 5.93. The van der Waals surface area contributed by atoms with Crippen LogP contribution in [0.25, 0.3) is 0 Å². The second-order valence-corrected chi connectivity index (χ2v) is 5.98. The largest absolute Gasteiger partial charge is 0.481 e. The number of carbonyl (C=O) groups excluding carboxylic acids is 1. The Labute approximate surface area is 140 Å². The van der Waals surface area contributed by atoms with Crippen LogP contribution in [0, 0.1) is 0 Å². The number of carboxylic acid groups (broad SMARTS) is 1. The smallest absolute Gasteiger partial charge is 0.305 e. The van der Waals surface area contributed by atoms with Gasteiger partial charge in [-0.1, -0.05) is 18.2 Å². The molecule has 1 unspecified atom stereocenters. The van der Waals surface area contributed by atoms with Crippen LogP contribution in [0.5, 0.6) is 0 Å². The summed E-state index contributed by atoms with van der Waals surface area (Å²) in [7, 11) is 0. The van der Waals surface area contributed by atoms with Crippen molar-refractivity contribution in [3.63, 3.8) is 0 Å². The lowest BCUT2D eigenvalue weighted by Crippen LogP contribution is -2.31. The second-order valence-electron chi connectivity index (χ2n) is 5.98. The number of aliphatic carboxylic acids is 1. The third-order valence-electron chi connectivity index (χ3n) is 4.27. The molecule has 6 heteroatoms. The molecule has 0 radical (unpaired) electrons. The highest BCUT2D eigenvalue weighted by atomic mass is 16.4. The molecule has 0 bridgehead atoms. The first kappa shape index (κ1) is 16.1. The standard InChI is InChI=1S/C18H20N2O4/c1-12-10-13-4-2-3-5-15(13)20(12)11-14-7-9-24-17(14)18(23)19-8-6-16(21)22/h2-5,7,9,12H,6,8,10-11H2,1H3,(H,19,23)(H,21,22). The molecule has 6 nitrogen and oxygen atoms in total. The van der Waals surface area contributed by atoms with E-state index >= 15 is 0 Å². The molecule has 1 amide bonds. The van der Waals surface area contributed by atoms with E-state index in [1.54, 1.807) is 6.07 Å². The number of rotatable bonds is 6. The van der Waals surface area contributed by atoms with Gasteiger partial charge in [0.15, 0.2) is 5.76 Å². The molecule has 126 valence electrons. The zero-order valence-electron chi connectivity index (χ0n) is 13.5. The van der Waals surface area contributed by atoms with Gasteiger partial charge in [0.1, 0.15) is 0 Å². The molecule has 3 rings (SSSR count). The first-order valence-electron chi connectivity index (χ1n) is 7.97. The molecule has 1 aromatic carbocycles. The van der Waals surface area contributed by atoms with Crippen LogP contribution >= 0.6 is 0 Å². The van der Waals surface area contributed by atoms with Gasteiger partial charge in [-0.15, -0.1) is 0 Å². The van der Waals surface area contributed by atoms with Crippen molar-refractivity contribution >= 4 is 17.6 Å². The van der Waals surface area contributed by atoms with Crippen LogP contribution in [0.1, 0.15) is 35.0 Å². The fraction of sp³-hybridized carbons (Fsp3) is 0.333. The van der Waals surface area contributed by atoms with Gasteiger partial charge >= 0.3 is 5.97 Å². The fourth-order valence-electron chi connectivity index (χ4n) is 3.08. The summed E-state index contributed by atoms with van der Waals surface area (Å²) in [6.45, 7) is 2.82. The lowest BCUT2D eigenvalue weighted by atomic mass is 10.1. The average Bonchev–Trinajstić information content (AvgIpc) is 3.12. The maximum atomic E-state index is 12.2. The van der Waals surface area contributed by atoms with E-state index < -0.39 is 5.97 Å². The molecule has 0 fully saturated rings. The third kappa shape index (κ3) is 3.27. The van der Waals surface area contributed by atoms with Crippen LogP contribution in [0.4, 0.5) is 5.69 Å². The van der Waals surface area contributed by atoms with E-state index in [1.807, 2.05) is 12.1 Å². The first-order valence-corrected chi connectivity index (χ1v) is 7.97. The molecule has 0 aliphatic carbocycles. The number of hydrogen-bond acceptors (Lipinski definition) is 4. The average molecular weight is 328 g/mol. The minimum Gasteiger partial charge on any atom is -0.481 e. The maximum Gasteiger partial charge on any atom is 0.305 e. The Kier molecular flexibility index (Phi) is 4.55. The summed E-state index contributed by atoms with van der Waals surface area (Å²) in [5.41, 5.74) is 3.29. The highest BCUT2D eigenvalue weighted by Crippen LogP contribution is 2.33. The van der Waals surface area contributed by atoms with Crippen molar-refractivity contribution in [2.45, 2.75) is 32.4 Å². The van der Waals surface area contributed by atoms with Gasteiger partial charge in [-0.2, -0.15) is 0 Å². The number of hydrogen-bond donors (Lipinski definition) is 2. The summed E-state index contributed by atoms with van der Waals surface area (Å²) >= 11 is 0. The Morgan fingerprint density at radius 2 is 2.12 bits per heavy atom. The van der Waals surface area contributed by atoms with Crippen LogP contribution < -0.4 is 10.2 Å². The maximum absolute atomic E-state index is 12.2. The normalized spacial score (nSPS) is 16.0. The van der Waals surface area contributed by atoms with Gasteiger partial charge in [0.05, 0.1) is 12.7 Å². The lowest BCUT2D eigenvalue weighted by Gasteiger charge is -2.24. The van der Waals surface area contributed by atoms with Crippen molar-refractivity contribution < 1.29 is 19.1 Å². The SMILES string of the molecule is CC1Cc2ccccc2N1Cc1ccoc1C(=O)NCCC(=O)O. The molecule has 1 aliphatic heterocycles. The Hall–Kier alpha value is -2.76. The first-order chi connectivity index (χ1) is 11.6. The number of fused-ring (bicyclic) bond motifs is 1. The summed E-state index contributed by atoms with van der Waals surface area (Å²) in [6.07, 6.45) is 2.36. The van der Waals surface area contributed by atoms with E-state index in [-0.39, 0.29) is 24.6 Å².